The van der Waals surface area contributed by atoms with E-state index in [0.717, 1.165) is 0 Å². The fourth-order valence-electron chi connectivity index (χ4n) is 2.07. The van der Waals surface area contributed by atoms with Crippen molar-refractivity contribution >= 4 is 38.3 Å². The number of hydrogen-bond acceptors (Lipinski definition) is 5. The van der Waals surface area contributed by atoms with Gasteiger partial charge >= 0.3 is 0 Å². The monoisotopic (exact) mass is 331 g/mol. The number of aromatic amines is 1. The van der Waals surface area contributed by atoms with Gasteiger partial charge in [-0.1, -0.05) is 6.07 Å². The van der Waals surface area contributed by atoms with Gasteiger partial charge in [0.1, 0.15) is 11.0 Å². The van der Waals surface area contributed by atoms with Gasteiger partial charge in [0.15, 0.2) is 0 Å². The molecule has 0 aliphatic heterocycles. The largest absolute Gasteiger partial charge is 0.326 e. The van der Waals surface area contributed by atoms with Gasteiger partial charge in [-0.3, -0.25) is 9.52 Å². The number of sulfonamides is 1. The summed E-state index contributed by atoms with van der Waals surface area (Å²) >= 11 is 0. The zero-order valence-electron chi connectivity index (χ0n) is 12.1. The first kappa shape index (κ1) is 15.0. The molecule has 118 valence electrons. The highest BCUT2D eigenvalue weighted by Gasteiger charge is 2.16. The van der Waals surface area contributed by atoms with Gasteiger partial charge in [0.25, 0.3) is 10.0 Å². The molecule has 0 radical (unpaired) electrons. The molecule has 1 aromatic heterocycles. The molecule has 0 unspecified atom stereocenters. The first-order valence-electron chi connectivity index (χ1n) is 6.66. The number of H-pyrrole nitrogens is 1. The average molecular weight is 331 g/mol. The Morgan fingerprint density at radius 2 is 1.83 bits per heavy atom. The summed E-state index contributed by atoms with van der Waals surface area (Å²) < 4.78 is 27.4. The van der Waals surface area contributed by atoms with Gasteiger partial charge in [-0.25, -0.2) is 8.42 Å². The Morgan fingerprint density at radius 1 is 1.09 bits per heavy atom. The van der Waals surface area contributed by atoms with Crippen molar-refractivity contribution in [2.75, 3.05) is 10.0 Å². The summed E-state index contributed by atoms with van der Waals surface area (Å²) in [6, 6.07) is 10.9. The first-order valence-corrected chi connectivity index (χ1v) is 8.14. The summed E-state index contributed by atoms with van der Waals surface area (Å²) in [4.78, 5) is 11.1. The van der Waals surface area contributed by atoms with E-state index >= 15 is 0 Å². The summed E-state index contributed by atoms with van der Waals surface area (Å²) in [5.74, 6) is -0.226. The standard InChI is InChI=1S/C14H13N5O3S/c1-9(20)15-10-5-7-11(8-6-10)23(21,22)18-13-4-2-3-12-14(13)17-19-16-12/h2-8,18H,1H3,(H,15,20)(H,16,17,19). The van der Waals surface area contributed by atoms with Crippen LogP contribution in [0.4, 0.5) is 11.4 Å². The number of fused-ring (bicyclic) bond motifs is 1. The number of nitrogens with zero attached hydrogens (tertiary/aromatic N) is 2. The Balaban J connectivity index is 1.89. The van der Waals surface area contributed by atoms with Crippen molar-refractivity contribution in [2.24, 2.45) is 0 Å². The molecule has 0 aliphatic rings. The third kappa shape index (κ3) is 3.14. The molecule has 1 amide bonds. The quantitative estimate of drug-likeness (QED) is 0.673. The maximum Gasteiger partial charge on any atom is 0.261 e. The Hall–Kier alpha value is -2.94. The van der Waals surface area contributed by atoms with Crippen LogP contribution in [0.2, 0.25) is 0 Å². The molecule has 0 spiro atoms. The molecule has 0 saturated carbocycles. The highest BCUT2D eigenvalue weighted by Crippen LogP contribution is 2.23. The molecule has 3 rings (SSSR count). The van der Waals surface area contributed by atoms with E-state index in [9.17, 15) is 13.2 Å². The summed E-state index contributed by atoms with van der Waals surface area (Å²) in [6.45, 7) is 1.38. The summed E-state index contributed by atoms with van der Waals surface area (Å²) in [5.41, 5.74) is 1.86. The second-order valence-electron chi connectivity index (χ2n) is 4.81. The second-order valence-corrected chi connectivity index (χ2v) is 6.49. The molecule has 0 aliphatic carbocycles. The van der Waals surface area contributed by atoms with Crippen molar-refractivity contribution in [3.05, 3.63) is 42.5 Å². The highest BCUT2D eigenvalue weighted by atomic mass is 32.2. The smallest absolute Gasteiger partial charge is 0.261 e. The van der Waals surface area contributed by atoms with E-state index in [1.54, 1.807) is 18.2 Å². The molecule has 8 nitrogen and oxygen atoms in total. The van der Waals surface area contributed by atoms with E-state index in [1.807, 2.05) is 0 Å². The minimum atomic E-state index is -3.77. The number of anilines is 2. The molecule has 0 bridgehead atoms. The van der Waals surface area contributed by atoms with Crippen LogP contribution >= 0.6 is 0 Å². The molecule has 9 heteroatoms. The number of rotatable bonds is 4. The second kappa shape index (κ2) is 5.69. The van der Waals surface area contributed by atoms with Crippen molar-refractivity contribution in [3.63, 3.8) is 0 Å². The van der Waals surface area contributed by atoms with Crippen LogP contribution < -0.4 is 10.0 Å². The van der Waals surface area contributed by atoms with Crippen molar-refractivity contribution in [3.8, 4) is 0 Å². The molecular formula is C14H13N5O3S. The fraction of sp³-hybridized carbons (Fsp3) is 0.0714. The van der Waals surface area contributed by atoms with E-state index in [0.29, 0.717) is 22.4 Å². The van der Waals surface area contributed by atoms with E-state index in [-0.39, 0.29) is 10.8 Å². The van der Waals surface area contributed by atoms with Crippen molar-refractivity contribution in [2.45, 2.75) is 11.8 Å². The lowest BCUT2D eigenvalue weighted by Crippen LogP contribution is -2.13. The number of benzene rings is 2. The van der Waals surface area contributed by atoms with E-state index in [2.05, 4.69) is 25.4 Å². The maximum atomic E-state index is 12.4. The zero-order chi connectivity index (χ0) is 16.4. The fourth-order valence-corrected chi connectivity index (χ4v) is 3.14. The Morgan fingerprint density at radius 3 is 2.52 bits per heavy atom. The van der Waals surface area contributed by atoms with Crippen LogP contribution in [0.15, 0.2) is 47.4 Å². The first-order chi connectivity index (χ1) is 11.0. The van der Waals surface area contributed by atoms with Gasteiger partial charge in [0.05, 0.1) is 10.6 Å². The van der Waals surface area contributed by atoms with Crippen LogP contribution in [0.25, 0.3) is 11.0 Å². The van der Waals surface area contributed by atoms with Gasteiger partial charge in [0, 0.05) is 12.6 Å². The minimum absolute atomic E-state index is 0.0760. The minimum Gasteiger partial charge on any atom is -0.326 e. The summed E-state index contributed by atoms with van der Waals surface area (Å²) in [5, 5.41) is 12.9. The molecule has 3 aromatic rings. The Bertz CT molecular complexity index is 964. The van der Waals surface area contributed by atoms with Gasteiger partial charge < -0.3 is 5.32 Å². The van der Waals surface area contributed by atoms with E-state index < -0.39 is 10.0 Å². The Kier molecular flexibility index (Phi) is 3.70. The third-order valence-corrected chi connectivity index (χ3v) is 4.46. The number of carbonyl (C=O) groups excluding carboxylic acids is 1. The van der Waals surface area contributed by atoms with Crippen LogP contribution in [0.1, 0.15) is 6.92 Å². The number of aromatic nitrogens is 3. The van der Waals surface area contributed by atoms with Gasteiger partial charge in [-0.2, -0.15) is 15.4 Å². The lowest BCUT2D eigenvalue weighted by atomic mass is 10.3. The lowest BCUT2D eigenvalue weighted by molar-refractivity contribution is -0.114. The van der Waals surface area contributed by atoms with E-state index in [4.69, 9.17) is 0 Å². The molecule has 0 fully saturated rings. The molecular weight excluding hydrogens is 318 g/mol. The number of hydrogen-bond donors (Lipinski definition) is 3. The summed E-state index contributed by atoms with van der Waals surface area (Å²) in [7, 11) is -3.77. The predicted octanol–water partition coefficient (Wildman–Crippen LogP) is 1.72. The summed E-state index contributed by atoms with van der Waals surface area (Å²) in [6.07, 6.45) is 0. The van der Waals surface area contributed by atoms with Crippen LogP contribution in [-0.4, -0.2) is 29.7 Å². The molecule has 23 heavy (non-hydrogen) atoms. The molecule has 2 aromatic carbocycles. The van der Waals surface area contributed by atoms with Crippen LogP contribution in [-0.2, 0) is 14.8 Å². The molecule has 3 N–H and O–H groups in total. The zero-order valence-corrected chi connectivity index (χ0v) is 12.9. The van der Waals surface area contributed by atoms with E-state index in [1.165, 1.54) is 31.2 Å². The molecule has 1 heterocycles. The predicted molar refractivity (Wildman–Crippen MR) is 85.4 cm³/mol. The van der Waals surface area contributed by atoms with Crippen LogP contribution in [0.3, 0.4) is 0 Å². The van der Waals surface area contributed by atoms with Gasteiger partial charge in [-0.15, -0.1) is 0 Å². The normalized spacial score (nSPS) is 11.3. The molecule has 0 saturated heterocycles. The average Bonchev–Trinajstić information content (AvgIpc) is 2.96. The number of nitrogens with one attached hydrogen (secondary N) is 3. The Labute approximate surface area is 132 Å². The van der Waals surface area contributed by atoms with Crippen LogP contribution in [0, 0.1) is 0 Å². The van der Waals surface area contributed by atoms with Crippen molar-refractivity contribution < 1.29 is 13.2 Å². The van der Waals surface area contributed by atoms with Crippen molar-refractivity contribution in [1.82, 2.24) is 15.4 Å². The van der Waals surface area contributed by atoms with Crippen molar-refractivity contribution in [1.29, 1.82) is 0 Å². The highest BCUT2D eigenvalue weighted by molar-refractivity contribution is 7.92. The lowest BCUT2D eigenvalue weighted by Gasteiger charge is -2.09. The maximum absolute atomic E-state index is 12.4. The topological polar surface area (TPSA) is 117 Å². The SMILES string of the molecule is CC(=O)Nc1ccc(S(=O)(=O)Nc2cccc3n[nH]nc23)cc1. The van der Waals surface area contributed by atoms with Gasteiger partial charge in [-0.05, 0) is 36.4 Å². The van der Waals surface area contributed by atoms with Gasteiger partial charge in [0.2, 0.25) is 5.91 Å². The number of carbonyl (C=O) groups is 1. The number of amides is 1. The van der Waals surface area contributed by atoms with Crippen LogP contribution in [0.5, 0.6) is 0 Å². The molecule has 0 atom stereocenters. The third-order valence-electron chi connectivity index (χ3n) is 3.08. The number of para-hydroxylation sites is 1.